The van der Waals surface area contributed by atoms with Crippen LogP contribution in [0.5, 0.6) is 0 Å². The predicted molar refractivity (Wildman–Crippen MR) is 55.5 cm³/mol. The van der Waals surface area contributed by atoms with Crippen molar-refractivity contribution in [3.63, 3.8) is 0 Å². The van der Waals surface area contributed by atoms with E-state index in [2.05, 4.69) is 16.9 Å². The van der Waals surface area contributed by atoms with Crippen molar-refractivity contribution < 1.29 is 18.0 Å². The molecule has 5 heteroatoms. The molecule has 0 spiro atoms. The fourth-order valence-corrected chi connectivity index (χ4v) is 1.05. The smallest absolute Gasteiger partial charge is 0.292 e. The van der Waals surface area contributed by atoms with Crippen molar-refractivity contribution in [1.29, 1.82) is 0 Å². The van der Waals surface area contributed by atoms with E-state index in [1.807, 2.05) is 30.3 Å². The second-order valence-electron chi connectivity index (χ2n) is 3.19. The third-order valence-electron chi connectivity index (χ3n) is 1.81. The summed E-state index contributed by atoms with van der Waals surface area (Å²) >= 11 is 0. The van der Waals surface area contributed by atoms with E-state index < -0.39 is 12.8 Å². The number of rotatable bonds is 5. The molecule has 0 heterocycles. The van der Waals surface area contributed by atoms with Crippen molar-refractivity contribution in [1.82, 2.24) is 5.48 Å². The van der Waals surface area contributed by atoms with E-state index in [0.29, 0.717) is 5.57 Å². The van der Waals surface area contributed by atoms with Crippen LogP contribution in [0.3, 0.4) is 0 Å². The lowest BCUT2D eigenvalue weighted by Gasteiger charge is -2.10. The summed E-state index contributed by atoms with van der Waals surface area (Å²) in [4.78, 5) is 4.25. The SMILES string of the molecule is C=C(CNOCC(F)(F)F)c1ccccc1. The van der Waals surface area contributed by atoms with Gasteiger partial charge in [-0.3, -0.25) is 4.84 Å². The molecule has 1 N–H and O–H groups in total. The number of hydrogen-bond acceptors (Lipinski definition) is 2. The van der Waals surface area contributed by atoms with Gasteiger partial charge in [-0.25, -0.2) is 0 Å². The van der Waals surface area contributed by atoms with Crippen molar-refractivity contribution in [3.8, 4) is 0 Å². The lowest BCUT2D eigenvalue weighted by Crippen LogP contribution is -2.25. The molecule has 0 saturated heterocycles. The molecule has 0 fully saturated rings. The van der Waals surface area contributed by atoms with E-state index in [1.165, 1.54) is 0 Å². The van der Waals surface area contributed by atoms with E-state index >= 15 is 0 Å². The van der Waals surface area contributed by atoms with Gasteiger partial charge in [-0.1, -0.05) is 36.9 Å². The average Bonchev–Trinajstić information content (AvgIpc) is 2.24. The Morgan fingerprint density at radius 3 is 2.44 bits per heavy atom. The van der Waals surface area contributed by atoms with Gasteiger partial charge in [-0.2, -0.15) is 18.7 Å². The van der Waals surface area contributed by atoms with Gasteiger partial charge in [0.15, 0.2) is 6.61 Å². The van der Waals surface area contributed by atoms with E-state index in [1.54, 1.807) is 0 Å². The molecule has 0 bridgehead atoms. The lowest BCUT2D eigenvalue weighted by molar-refractivity contribution is -0.188. The largest absolute Gasteiger partial charge is 0.413 e. The number of hydrogen-bond donors (Lipinski definition) is 1. The zero-order chi connectivity index (χ0) is 12.0. The molecular formula is C11H12F3NO. The molecule has 0 aromatic heterocycles. The second kappa shape index (κ2) is 5.67. The first-order chi connectivity index (χ1) is 7.49. The fraction of sp³-hybridized carbons (Fsp3) is 0.273. The maximum Gasteiger partial charge on any atom is 0.413 e. The summed E-state index contributed by atoms with van der Waals surface area (Å²) in [6.07, 6.45) is -4.32. The van der Waals surface area contributed by atoms with Gasteiger partial charge in [-0.05, 0) is 11.1 Å². The summed E-state index contributed by atoms with van der Waals surface area (Å²) in [6, 6.07) is 9.17. The Morgan fingerprint density at radius 2 is 1.88 bits per heavy atom. The first-order valence-electron chi connectivity index (χ1n) is 4.63. The highest BCUT2D eigenvalue weighted by atomic mass is 19.4. The number of benzene rings is 1. The summed E-state index contributed by atoms with van der Waals surface area (Å²) in [5, 5.41) is 0. The molecule has 16 heavy (non-hydrogen) atoms. The molecule has 0 aliphatic heterocycles. The van der Waals surface area contributed by atoms with Crippen LogP contribution in [0.25, 0.3) is 5.57 Å². The van der Waals surface area contributed by atoms with Gasteiger partial charge in [0.05, 0.1) is 0 Å². The highest BCUT2D eigenvalue weighted by Crippen LogP contribution is 2.14. The molecule has 88 valence electrons. The van der Waals surface area contributed by atoms with Gasteiger partial charge < -0.3 is 0 Å². The monoisotopic (exact) mass is 231 g/mol. The van der Waals surface area contributed by atoms with Gasteiger partial charge in [0.2, 0.25) is 0 Å². The molecule has 0 aliphatic rings. The highest BCUT2D eigenvalue weighted by Gasteiger charge is 2.27. The van der Waals surface area contributed by atoms with E-state index in [4.69, 9.17) is 0 Å². The Balaban J connectivity index is 2.27. The van der Waals surface area contributed by atoms with Gasteiger partial charge in [0, 0.05) is 6.54 Å². The third kappa shape index (κ3) is 4.95. The minimum Gasteiger partial charge on any atom is -0.292 e. The molecule has 1 aromatic carbocycles. The molecular weight excluding hydrogens is 219 g/mol. The minimum absolute atomic E-state index is 0.153. The van der Waals surface area contributed by atoms with Crippen LogP contribution < -0.4 is 5.48 Å². The summed E-state index contributed by atoms with van der Waals surface area (Å²) in [5.74, 6) is 0. The van der Waals surface area contributed by atoms with Gasteiger partial charge in [0.1, 0.15) is 0 Å². The number of alkyl halides is 3. The van der Waals surface area contributed by atoms with Crippen LogP contribution in [-0.4, -0.2) is 19.3 Å². The Labute approximate surface area is 91.7 Å². The predicted octanol–water partition coefficient (Wildman–Crippen LogP) is 2.78. The zero-order valence-corrected chi connectivity index (χ0v) is 8.55. The van der Waals surface area contributed by atoms with Crippen molar-refractivity contribution in [3.05, 3.63) is 42.5 Å². The average molecular weight is 231 g/mol. The molecule has 2 nitrogen and oxygen atoms in total. The van der Waals surface area contributed by atoms with Crippen LogP contribution in [0.1, 0.15) is 5.56 Å². The molecule has 0 unspecified atom stereocenters. The summed E-state index contributed by atoms with van der Waals surface area (Å²) in [6.45, 7) is 2.58. The van der Waals surface area contributed by atoms with Crippen LogP contribution in [0.2, 0.25) is 0 Å². The standard InChI is InChI=1S/C11H12F3NO/c1-9(10-5-3-2-4-6-10)7-15-16-8-11(12,13)14/h2-6,15H,1,7-8H2. The van der Waals surface area contributed by atoms with Gasteiger partial charge in [-0.15, -0.1) is 0 Å². The third-order valence-corrected chi connectivity index (χ3v) is 1.81. The normalized spacial score (nSPS) is 11.4. The number of hydroxylamine groups is 1. The molecule has 0 aliphatic carbocycles. The van der Waals surface area contributed by atoms with E-state index in [-0.39, 0.29) is 6.54 Å². The molecule has 0 radical (unpaired) electrons. The van der Waals surface area contributed by atoms with Crippen molar-refractivity contribution in [2.24, 2.45) is 0 Å². The number of nitrogens with one attached hydrogen (secondary N) is 1. The molecule has 1 rings (SSSR count). The fourth-order valence-electron chi connectivity index (χ4n) is 1.05. The van der Waals surface area contributed by atoms with Crippen LogP contribution in [-0.2, 0) is 4.84 Å². The first-order valence-corrected chi connectivity index (χ1v) is 4.63. The summed E-state index contributed by atoms with van der Waals surface area (Å²) in [7, 11) is 0. The lowest BCUT2D eigenvalue weighted by atomic mass is 10.1. The zero-order valence-electron chi connectivity index (χ0n) is 8.55. The van der Waals surface area contributed by atoms with Crippen LogP contribution in [0.15, 0.2) is 36.9 Å². The van der Waals surface area contributed by atoms with Crippen LogP contribution in [0, 0.1) is 0 Å². The van der Waals surface area contributed by atoms with Crippen LogP contribution >= 0.6 is 0 Å². The van der Waals surface area contributed by atoms with Crippen molar-refractivity contribution in [2.45, 2.75) is 6.18 Å². The van der Waals surface area contributed by atoms with Crippen molar-refractivity contribution in [2.75, 3.05) is 13.2 Å². The quantitative estimate of drug-likeness (QED) is 0.621. The maximum absolute atomic E-state index is 11.7. The maximum atomic E-state index is 11.7. The minimum atomic E-state index is -4.32. The molecule has 0 amide bonds. The van der Waals surface area contributed by atoms with E-state index in [0.717, 1.165) is 5.56 Å². The Hall–Kier alpha value is -1.33. The summed E-state index contributed by atoms with van der Waals surface area (Å²) < 4.78 is 35.1. The molecule has 1 aromatic rings. The van der Waals surface area contributed by atoms with E-state index in [9.17, 15) is 13.2 Å². The van der Waals surface area contributed by atoms with Gasteiger partial charge in [0.25, 0.3) is 0 Å². The Morgan fingerprint density at radius 1 is 1.25 bits per heavy atom. The topological polar surface area (TPSA) is 21.3 Å². The van der Waals surface area contributed by atoms with Gasteiger partial charge >= 0.3 is 6.18 Å². The highest BCUT2D eigenvalue weighted by molar-refractivity contribution is 5.64. The summed E-state index contributed by atoms with van der Waals surface area (Å²) in [5.41, 5.74) is 3.76. The Kier molecular flexibility index (Phi) is 4.52. The molecule has 0 saturated carbocycles. The van der Waals surface area contributed by atoms with Crippen molar-refractivity contribution >= 4 is 5.57 Å². The first kappa shape index (κ1) is 12.7. The van der Waals surface area contributed by atoms with Crippen LogP contribution in [0.4, 0.5) is 13.2 Å². The number of halogens is 3. The Bertz CT molecular complexity index is 335. The molecule has 0 atom stereocenters. The second-order valence-corrected chi connectivity index (χ2v) is 3.19.